The summed E-state index contributed by atoms with van der Waals surface area (Å²) in [4.78, 5) is 0. The molecule has 1 N–H and O–H groups in total. The maximum Gasteiger partial charge on any atom is 0.129 e. The molecule has 0 spiro atoms. The van der Waals surface area contributed by atoms with E-state index >= 15 is 0 Å². The molecule has 1 saturated carbocycles. The lowest BCUT2D eigenvalue weighted by molar-refractivity contribution is 0.482. The summed E-state index contributed by atoms with van der Waals surface area (Å²) in [6, 6.07) is 23.3. The lowest BCUT2D eigenvalue weighted by Crippen LogP contribution is -2.26. The van der Waals surface area contributed by atoms with Crippen LogP contribution in [0.4, 0.5) is 11.4 Å². The fourth-order valence-corrected chi connectivity index (χ4v) is 4.01. The SMILES string of the molecule is CC1(C)c2ccc(Oc3ccccc3)cc2Nc2ccc(C3CC3)cc21. The summed E-state index contributed by atoms with van der Waals surface area (Å²) in [5, 5.41) is 3.63. The standard InChI is InChI=1S/C24H23NO/c1-24(2)20-12-11-19(26-18-6-4-3-5-7-18)15-23(20)25-22-13-10-17(14-21(22)24)16-8-9-16/h3-7,10-16,25H,8-9H2,1-2H3. The summed E-state index contributed by atoms with van der Waals surface area (Å²) in [7, 11) is 0. The van der Waals surface area contributed by atoms with E-state index in [9.17, 15) is 0 Å². The predicted molar refractivity (Wildman–Crippen MR) is 107 cm³/mol. The average molecular weight is 341 g/mol. The molecule has 1 fully saturated rings. The smallest absolute Gasteiger partial charge is 0.129 e. The number of para-hydroxylation sites is 1. The minimum atomic E-state index is -0.0217. The van der Waals surface area contributed by atoms with E-state index in [1.807, 2.05) is 30.3 Å². The summed E-state index contributed by atoms with van der Waals surface area (Å²) in [6.07, 6.45) is 2.67. The Bertz CT molecular complexity index is 971. The molecule has 0 saturated heterocycles. The Hall–Kier alpha value is -2.74. The van der Waals surface area contributed by atoms with Crippen molar-refractivity contribution in [3.05, 3.63) is 83.4 Å². The predicted octanol–water partition coefficient (Wildman–Crippen LogP) is 6.74. The van der Waals surface area contributed by atoms with Gasteiger partial charge in [-0.25, -0.2) is 0 Å². The molecule has 26 heavy (non-hydrogen) atoms. The van der Waals surface area contributed by atoms with Gasteiger partial charge >= 0.3 is 0 Å². The van der Waals surface area contributed by atoms with Gasteiger partial charge in [0.1, 0.15) is 11.5 Å². The zero-order chi connectivity index (χ0) is 17.7. The third kappa shape index (κ3) is 2.57. The van der Waals surface area contributed by atoms with Gasteiger partial charge in [0.15, 0.2) is 0 Å². The van der Waals surface area contributed by atoms with E-state index in [0.29, 0.717) is 0 Å². The Morgan fingerprint density at radius 3 is 2.38 bits per heavy atom. The van der Waals surface area contributed by atoms with Gasteiger partial charge in [0.25, 0.3) is 0 Å². The highest BCUT2D eigenvalue weighted by atomic mass is 16.5. The summed E-state index contributed by atoms with van der Waals surface area (Å²) >= 11 is 0. The van der Waals surface area contributed by atoms with Crippen LogP contribution in [0.3, 0.4) is 0 Å². The lowest BCUT2D eigenvalue weighted by atomic mass is 9.73. The van der Waals surface area contributed by atoms with Gasteiger partial charge in [0.05, 0.1) is 0 Å². The van der Waals surface area contributed by atoms with Crippen LogP contribution in [0.15, 0.2) is 66.7 Å². The van der Waals surface area contributed by atoms with E-state index in [-0.39, 0.29) is 5.41 Å². The number of benzene rings is 3. The summed E-state index contributed by atoms with van der Waals surface area (Å²) in [5.41, 5.74) is 6.53. The van der Waals surface area contributed by atoms with E-state index < -0.39 is 0 Å². The van der Waals surface area contributed by atoms with Crippen LogP contribution in [0.25, 0.3) is 0 Å². The van der Waals surface area contributed by atoms with Crippen molar-refractivity contribution in [2.75, 3.05) is 5.32 Å². The molecule has 0 bridgehead atoms. The monoisotopic (exact) mass is 341 g/mol. The summed E-state index contributed by atoms with van der Waals surface area (Å²) in [6.45, 7) is 4.64. The van der Waals surface area contributed by atoms with E-state index in [1.165, 1.54) is 35.2 Å². The number of rotatable bonds is 3. The van der Waals surface area contributed by atoms with Crippen LogP contribution < -0.4 is 10.1 Å². The second kappa shape index (κ2) is 5.63. The molecular weight excluding hydrogens is 318 g/mol. The number of fused-ring (bicyclic) bond motifs is 2. The Balaban J connectivity index is 1.52. The molecule has 0 radical (unpaired) electrons. The van der Waals surface area contributed by atoms with Crippen LogP contribution in [0.2, 0.25) is 0 Å². The Kier molecular flexibility index (Phi) is 3.36. The van der Waals surface area contributed by atoms with E-state index in [1.54, 1.807) is 0 Å². The summed E-state index contributed by atoms with van der Waals surface area (Å²) < 4.78 is 6.02. The maximum absolute atomic E-state index is 6.02. The van der Waals surface area contributed by atoms with Gasteiger partial charge in [0.2, 0.25) is 0 Å². The van der Waals surface area contributed by atoms with Gasteiger partial charge in [-0.05, 0) is 59.7 Å². The number of ether oxygens (including phenoxy) is 1. The van der Waals surface area contributed by atoms with Crippen molar-refractivity contribution in [2.24, 2.45) is 0 Å². The number of hydrogen-bond acceptors (Lipinski definition) is 2. The molecule has 1 heterocycles. The number of nitrogens with one attached hydrogen (secondary N) is 1. The third-order valence-electron chi connectivity index (χ3n) is 5.68. The third-order valence-corrected chi connectivity index (χ3v) is 5.68. The van der Waals surface area contributed by atoms with Gasteiger partial charge in [-0.1, -0.05) is 50.2 Å². The molecule has 0 amide bonds. The molecule has 1 aliphatic heterocycles. The number of anilines is 2. The van der Waals surface area contributed by atoms with Crippen molar-refractivity contribution in [3.8, 4) is 11.5 Å². The van der Waals surface area contributed by atoms with Crippen LogP contribution >= 0.6 is 0 Å². The minimum Gasteiger partial charge on any atom is -0.457 e. The fraction of sp³-hybridized carbons (Fsp3) is 0.250. The highest BCUT2D eigenvalue weighted by Crippen LogP contribution is 2.49. The average Bonchev–Trinajstić information content (AvgIpc) is 3.47. The molecule has 2 heteroatoms. The Morgan fingerprint density at radius 2 is 1.62 bits per heavy atom. The number of hydrogen-bond donors (Lipinski definition) is 1. The molecule has 130 valence electrons. The molecular formula is C24H23NO. The first kappa shape index (κ1) is 15.5. The van der Waals surface area contributed by atoms with Gasteiger partial charge in [0, 0.05) is 22.9 Å². The van der Waals surface area contributed by atoms with Gasteiger partial charge < -0.3 is 10.1 Å². The van der Waals surface area contributed by atoms with Gasteiger partial charge in [-0.2, -0.15) is 0 Å². The van der Waals surface area contributed by atoms with Crippen LogP contribution in [-0.2, 0) is 5.41 Å². The van der Waals surface area contributed by atoms with Crippen LogP contribution in [0.1, 0.15) is 49.3 Å². The molecule has 1 aliphatic carbocycles. The minimum absolute atomic E-state index is 0.0217. The highest BCUT2D eigenvalue weighted by molar-refractivity contribution is 5.77. The van der Waals surface area contributed by atoms with Gasteiger partial charge in [-0.3, -0.25) is 0 Å². The zero-order valence-electron chi connectivity index (χ0n) is 15.3. The molecule has 3 aromatic rings. The molecule has 0 aromatic heterocycles. The van der Waals surface area contributed by atoms with Crippen LogP contribution in [0.5, 0.6) is 11.5 Å². The van der Waals surface area contributed by atoms with Crippen molar-refractivity contribution in [2.45, 2.75) is 38.0 Å². The van der Waals surface area contributed by atoms with Crippen molar-refractivity contribution < 1.29 is 4.74 Å². The van der Waals surface area contributed by atoms with Gasteiger partial charge in [-0.15, -0.1) is 0 Å². The zero-order valence-corrected chi connectivity index (χ0v) is 15.3. The second-order valence-electron chi connectivity index (χ2n) is 7.95. The normalized spacial score (nSPS) is 17.0. The van der Waals surface area contributed by atoms with Crippen molar-refractivity contribution in [3.63, 3.8) is 0 Å². The lowest BCUT2D eigenvalue weighted by Gasteiger charge is -2.36. The summed E-state index contributed by atoms with van der Waals surface area (Å²) in [5.74, 6) is 2.49. The van der Waals surface area contributed by atoms with Crippen molar-refractivity contribution in [1.29, 1.82) is 0 Å². The maximum atomic E-state index is 6.02. The van der Waals surface area contributed by atoms with Crippen LogP contribution in [0, 0.1) is 0 Å². The fourth-order valence-electron chi connectivity index (χ4n) is 4.01. The molecule has 2 aliphatic rings. The van der Waals surface area contributed by atoms with Crippen molar-refractivity contribution in [1.82, 2.24) is 0 Å². The molecule has 0 unspecified atom stereocenters. The Labute approximate surface area is 154 Å². The van der Waals surface area contributed by atoms with E-state index in [0.717, 1.165) is 23.1 Å². The Morgan fingerprint density at radius 1 is 0.808 bits per heavy atom. The van der Waals surface area contributed by atoms with E-state index in [4.69, 9.17) is 4.74 Å². The highest BCUT2D eigenvalue weighted by Gasteiger charge is 2.34. The molecule has 2 nitrogen and oxygen atoms in total. The molecule has 3 aromatic carbocycles. The molecule has 0 atom stereocenters. The first-order chi connectivity index (χ1) is 12.6. The van der Waals surface area contributed by atoms with E-state index in [2.05, 4.69) is 55.6 Å². The first-order valence-electron chi connectivity index (χ1n) is 9.40. The van der Waals surface area contributed by atoms with Crippen molar-refractivity contribution >= 4 is 11.4 Å². The van der Waals surface area contributed by atoms with Crippen LogP contribution in [-0.4, -0.2) is 0 Å². The first-order valence-corrected chi connectivity index (χ1v) is 9.40. The largest absolute Gasteiger partial charge is 0.457 e. The molecule has 5 rings (SSSR count). The topological polar surface area (TPSA) is 21.3 Å². The quantitative estimate of drug-likeness (QED) is 0.569. The second-order valence-corrected chi connectivity index (χ2v) is 7.95.